The highest BCUT2D eigenvalue weighted by Crippen LogP contribution is 2.23. The van der Waals surface area contributed by atoms with Crippen molar-refractivity contribution in [3.05, 3.63) is 30.1 Å². The van der Waals surface area contributed by atoms with Crippen molar-refractivity contribution in [2.45, 2.75) is 31.9 Å². The lowest BCUT2D eigenvalue weighted by Gasteiger charge is -2.26. The highest BCUT2D eigenvalue weighted by atomic mass is 16.3. The first-order chi connectivity index (χ1) is 11.4. The predicted octanol–water partition coefficient (Wildman–Crippen LogP) is 1.26. The Bertz CT molecular complexity index is 740. The number of aromatic nitrogens is 2. The molecule has 6 nitrogen and oxygen atoms in total. The van der Waals surface area contributed by atoms with Gasteiger partial charge in [0.2, 0.25) is 5.91 Å². The van der Waals surface area contributed by atoms with Crippen LogP contribution in [0.5, 0.6) is 0 Å². The number of para-hydroxylation sites is 2. The van der Waals surface area contributed by atoms with Crippen LogP contribution in [0.4, 0.5) is 0 Å². The Balaban J connectivity index is 1.63. The van der Waals surface area contributed by atoms with Gasteiger partial charge in [-0.25, -0.2) is 4.98 Å². The SMILES string of the molecule is Cc1nc2ccccc2n1CCC(=O)N1CC[C@@](O)(CN(C)C)C1. The molecule has 2 aromatic rings. The molecule has 1 aromatic carbocycles. The summed E-state index contributed by atoms with van der Waals surface area (Å²) in [7, 11) is 3.88. The third kappa shape index (κ3) is 3.44. The minimum Gasteiger partial charge on any atom is -0.387 e. The Morgan fingerprint density at radius 2 is 2.12 bits per heavy atom. The second kappa shape index (κ2) is 6.53. The molecule has 0 unspecified atom stereocenters. The Labute approximate surface area is 142 Å². The summed E-state index contributed by atoms with van der Waals surface area (Å²) in [6.07, 6.45) is 1.07. The van der Waals surface area contributed by atoms with Gasteiger partial charge in [0.05, 0.1) is 23.2 Å². The molecule has 2 heterocycles. The molecule has 3 rings (SSSR count). The lowest BCUT2D eigenvalue weighted by Crippen LogP contribution is -2.43. The summed E-state index contributed by atoms with van der Waals surface area (Å²) < 4.78 is 2.09. The van der Waals surface area contributed by atoms with Gasteiger partial charge in [0, 0.05) is 26.1 Å². The van der Waals surface area contributed by atoms with Crippen LogP contribution in [-0.4, -0.2) is 69.7 Å². The van der Waals surface area contributed by atoms with E-state index in [0.717, 1.165) is 16.9 Å². The van der Waals surface area contributed by atoms with Gasteiger partial charge in [-0.15, -0.1) is 0 Å². The van der Waals surface area contributed by atoms with E-state index in [4.69, 9.17) is 0 Å². The molecular weight excluding hydrogens is 304 g/mol. The van der Waals surface area contributed by atoms with E-state index in [1.807, 2.05) is 50.2 Å². The molecule has 0 bridgehead atoms. The minimum atomic E-state index is -0.781. The number of likely N-dealkylation sites (N-methyl/N-ethyl adjacent to an activating group) is 1. The topological polar surface area (TPSA) is 61.6 Å². The number of hydrogen-bond donors (Lipinski definition) is 1. The lowest BCUT2D eigenvalue weighted by atomic mass is 10.0. The number of aliphatic hydroxyl groups is 1. The number of hydrogen-bond acceptors (Lipinski definition) is 4. The van der Waals surface area contributed by atoms with E-state index in [-0.39, 0.29) is 5.91 Å². The summed E-state index contributed by atoms with van der Waals surface area (Å²) in [5, 5.41) is 10.6. The molecule has 1 aromatic heterocycles. The van der Waals surface area contributed by atoms with E-state index in [2.05, 4.69) is 9.55 Å². The number of rotatable bonds is 5. The first kappa shape index (κ1) is 16.9. The van der Waals surface area contributed by atoms with Gasteiger partial charge in [-0.2, -0.15) is 0 Å². The molecule has 0 aliphatic carbocycles. The smallest absolute Gasteiger partial charge is 0.224 e. The summed E-state index contributed by atoms with van der Waals surface area (Å²) >= 11 is 0. The highest BCUT2D eigenvalue weighted by Gasteiger charge is 2.38. The first-order valence-electron chi connectivity index (χ1n) is 8.45. The molecule has 24 heavy (non-hydrogen) atoms. The summed E-state index contributed by atoms with van der Waals surface area (Å²) in [5.41, 5.74) is 1.24. The molecule has 1 aliphatic rings. The van der Waals surface area contributed by atoms with Gasteiger partial charge in [-0.05, 0) is 39.6 Å². The number of nitrogens with zero attached hydrogens (tertiary/aromatic N) is 4. The molecule has 6 heteroatoms. The molecule has 0 radical (unpaired) electrons. The van der Waals surface area contributed by atoms with Gasteiger partial charge in [0.15, 0.2) is 0 Å². The zero-order chi connectivity index (χ0) is 17.3. The fourth-order valence-corrected chi connectivity index (χ4v) is 3.63. The number of amides is 1. The van der Waals surface area contributed by atoms with Crippen molar-refractivity contribution in [1.82, 2.24) is 19.4 Å². The zero-order valence-electron chi connectivity index (χ0n) is 14.7. The summed E-state index contributed by atoms with van der Waals surface area (Å²) in [6.45, 7) is 4.23. The van der Waals surface area contributed by atoms with Gasteiger partial charge in [0.1, 0.15) is 5.82 Å². The first-order valence-corrected chi connectivity index (χ1v) is 8.45. The Kier molecular flexibility index (Phi) is 4.60. The Morgan fingerprint density at radius 1 is 1.38 bits per heavy atom. The van der Waals surface area contributed by atoms with Crippen molar-refractivity contribution in [3.63, 3.8) is 0 Å². The molecule has 1 atom stereocenters. The Morgan fingerprint density at radius 3 is 2.88 bits per heavy atom. The largest absolute Gasteiger partial charge is 0.387 e. The van der Waals surface area contributed by atoms with E-state index < -0.39 is 5.60 Å². The van der Waals surface area contributed by atoms with Crippen molar-refractivity contribution < 1.29 is 9.90 Å². The fraction of sp³-hybridized carbons (Fsp3) is 0.556. The second-order valence-corrected chi connectivity index (χ2v) is 7.08. The van der Waals surface area contributed by atoms with Crippen molar-refractivity contribution in [2.75, 3.05) is 33.7 Å². The van der Waals surface area contributed by atoms with Crippen molar-refractivity contribution in [1.29, 1.82) is 0 Å². The van der Waals surface area contributed by atoms with Gasteiger partial charge in [-0.1, -0.05) is 12.1 Å². The average molecular weight is 330 g/mol. The molecule has 1 amide bonds. The number of likely N-dealkylation sites (tertiary alicyclic amines) is 1. The minimum absolute atomic E-state index is 0.0989. The molecule has 0 saturated carbocycles. The van der Waals surface area contributed by atoms with E-state index in [1.165, 1.54) is 0 Å². The monoisotopic (exact) mass is 330 g/mol. The summed E-state index contributed by atoms with van der Waals surface area (Å²) in [6, 6.07) is 7.98. The number of imidazole rings is 1. The molecule has 0 spiro atoms. The van der Waals surface area contributed by atoms with Crippen LogP contribution >= 0.6 is 0 Å². The fourth-order valence-electron chi connectivity index (χ4n) is 3.63. The van der Waals surface area contributed by atoms with Crippen LogP contribution in [0.3, 0.4) is 0 Å². The van der Waals surface area contributed by atoms with E-state index >= 15 is 0 Å². The standard InChI is InChI=1S/C18H26N4O2/c1-14-19-15-6-4-5-7-16(15)22(14)10-8-17(23)21-11-9-18(24,13-21)12-20(2)3/h4-7,24H,8-13H2,1-3H3/t18-/m1/s1. The summed E-state index contributed by atoms with van der Waals surface area (Å²) in [4.78, 5) is 20.8. The molecule has 1 fully saturated rings. The van der Waals surface area contributed by atoms with Crippen molar-refractivity contribution in [2.24, 2.45) is 0 Å². The van der Waals surface area contributed by atoms with Crippen LogP contribution in [0.2, 0.25) is 0 Å². The number of β-amino-alcohol motifs (C(OH)–C–C–N with tert-alkyl or cyclic N) is 1. The molecule has 1 aliphatic heterocycles. The van der Waals surface area contributed by atoms with Gasteiger partial charge in [-0.3, -0.25) is 4.79 Å². The number of fused-ring (bicyclic) bond motifs is 1. The predicted molar refractivity (Wildman–Crippen MR) is 93.8 cm³/mol. The zero-order valence-corrected chi connectivity index (χ0v) is 14.7. The van der Waals surface area contributed by atoms with Crippen LogP contribution in [-0.2, 0) is 11.3 Å². The maximum absolute atomic E-state index is 12.5. The van der Waals surface area contributed by atoms with Gasteiger partial charge >= 0.3 is 0 Å². The molecule has 1 N–H and O–H groups in total. The number of aryl methyl sites for hydroxylation is 2. The van der Waals surface area contributed by atoms with Gasteiger partial charge in [0.25, 0.3) is 0 Å². The maximum Gasteiger partial charge on any atom is 0.224 e. The quantitative estimate of drug-likeness (QED) is 0.897. The molecule has 130 valence electrons. The number of benzene rings is 1. The van der Waals surface area contributed by atoms with Crippen molar-refractivity contribution in [3.8, 4) is 0 Å². The molecular formula is C18H26N4O2. The average Bonchev–Trinajstić information content (AvgIpc) is 3.04. The number of carbonyl (C=O) groups is 1. The summed E-state index contributed by atoms with van der Waals surface area (Å²) in [5.74, 6) is 1.02. The Hall–Kier alpha value is -1.92. The van der Waals surface area contributed by atoms with Gasteiger partial charge < -0.3 is 19.5 Å². The lowest BCUT2D eigenvalue weighted by molar-refractivity contribution is -0.131. The van der Waals surface area contributed by atoms with E-state index in [1.54, 1.807) is 4.90 Å². The third-order valence-corrected chi connectivity index (χ3v) is 4.69. The van der Waals surface area contributed by atoms with Crippen LogP contribution in [0, 0.1) is 6.92 Å². The normalized spacial score (nSPS) is 21.1. The highest BCUT2D eigenvalue weighted by molar-refractivity contribution is 5.78. The molecule has 1 saturated heterocycles. The van der Waals surface area contributed by atoms with Crippen LogP contribution < -0.4 is 0 Å². The maximum atomic E-state index is 12.5. The van der Waals surface area contributed by atoms with Crippen LogP contribution in [0.15, 0.2) is 24.3 Å². The van der Waals surface area contributed by atoms with E-state index in [0.29, 0.717) is 39.0 Å². The number of carbonyl (C=O) groups excluding carboxylic acids is 1. The van der Waals surface area contributed by atoms with Crippen LogP contribution in [0.25, 0.3) is 11.0 Å². The third-order valence-electron chi connectivity index (χ3n) is 4.69. The van der Waals surface area contributed by atoms with Crippen molar-refractivity contribution >= 4 is 16.9 Å². The second-order valence-electron chi connectivity index (χ2n) is 7.08. The van der Waals surface area contributed by atoms with E-state index in [9.17, 15) is 9.90 Å². The van der Waals surface area contributed by atoms with Crippen LogP contribution in [0.1, 0.15) is 18.7 Å².